The third-order valence-corrected chi connectivity index (χ3v) is 2.72. The van der Waals surface area contributed by atoms with Crippen molar-refractivity contribution in [3.05, 3.63) is 41.0 Å². The molecule has 0 atom stereocenters. The van der Waals surface area contributed by atoms with E-state index in [0.29, 0.717) is 11.5 Å². The van der Waals surface area contributed by atoms with Crippen LogP contribution in [0.4, 0.5) is 0 Å². The lowest BCUT2D eigenvalue weighted by Gasteiger charge is -2.10. The zero-order chi connectivity index (χ0) is 13.7. The minimum Gasteiger partial charge on any atom is -0.489 e. The van der Waals surface area contributed by atoms with Crippen LogP contribution in [-0.4, -0.2) is 17.7 Å². The molecule has 1 aromatic carbocycles. The van der Waals surface area contributed by atoms with Crippen molar-refractivity contribution in [1.82, 2.24) is 0 Å². The average molecular weight is 248 g/mol. The zero-order valence-electron chi connectivity index (χ0n) is 11.4. The monoisotopic (exact) mass is 248 g/mol. The van der Waals surface area contributed by atoms with Gasteiger partial charge in [-0.1, -0.05) is 19.9 Å². The van der Waals surface area contributed by atoms with Gasteiger partial charge in [0.1, 0.15) is 12.4 Å². The van der Waals surface area contributed by atoms with E-state index >= 15 is 0 Å². The van der Waals surface area contributed by atoms with E-state index in [4.69, 9.17) is 9.84 Å². The van der Waals surface area contributed by atoms with Crippen molar-refractivity contribution in [3.8, 4) is 5.75 Å². The van der Waals surface area contributed by atoms with Gasteiger partial charge in [0.2, 0.25) is 0 Å². The van der Waals surface area contributed by atoms with Crippen LogP contribution in [0, 0.1) is 6.92 Å². The van der Waals surface area contributed by atoms with Gasteiger partial charge in [-0.05, 0) is 49.1 Å². The Labute approximate surface area is 108 Å². The van der Waals surface area contributed by atoms with Gasteiger partial charge in [0.15, 0.2) is 0 Å². The summed E-state index contributed by atoms with van der Waals surface area (Å²) in [7, 11) is 0. The molecule has 0 saturated heterocycles. The first-order chi connectivity index (χ1) is 8.40. The van der Waals surface area contributed by atoms with Crippen molar-refractivity contribution in [2.45, 2.75) is 33.6 Å². The zero-order valence-corrected chi connectivity index (χ0v) is 11.4. The normalized spacial score (nSPS) is 11.7. The summed E-state index contributed by atoms with van der Waals surface area (Å²) in [6, 6.07) is 6.09. The summed E-state index contributed by atoms with van der Waals surface area (Å²) in [5.41, 5.74) is 2.67. The second kappa shape index (κ2) is 6.24. The minimum absolute atomic E-state index is 0.277. The lowest BCUT2D eigenvalue weighted by atomic mass is 10.0. The smallest absolute Gasteiger partial charge is 0.331 e. The number of ether oxygens (including phenoxy) is 1. The molecule has 1 N–H and O–H groups in total. The SMILES string of the molecule is CC(=CCOc1cc(C)cc(C(C)C)c1)C(=O)O. The van der Waals surface area contributed by atoms with Gasteiger partial charge in [-0.3, -0.25) is 0 Å². The van der Waals surface area contributed by atoms with Crippen LogP contribution in [0.25, 0.3) is 0 Å². The van der Waals surface area contributed by atoms with Crippen LogP contribution in [0.3, 0.4) is 0 Å². The second-order valence-electron chi connectivity index (χ2n) is 4.74. The Morgan fingerprint density at radius 3 is 2.61 bits per heavy atom. The highest BCUT2D eigenvalue weighted by Crippen LogP contribution is 2.22. The molecule has 0 bridgehead atoms. The van der Waals surface area contributed by atoms with Crippen LogP contribution < -0.4 is 4.74 Å². The number of carboxylic acids is 1. The Morgan fingerprint density at radius 1 is 1.39 bits per heavy atom. The Kier molecular flexibility index (Phi) is 4.95. The van der Waals surface area contributed by atoms with Crippen molar-refractivity contribution < 1.29 is 14.6 Å². The van der Waals surface area contributed by atoms with Gasteiger partial charge in [0.25, 0.3) is 0 Å². The number of hydrogen-bond acceptors (Lipinski definition) is 2. The molecule has 0 amide bonds. The predicted octanol–water partition coefficient (Wildman–Crippen LogP) is 3.53. The number of aliphatic carboxylic acids is 1. The first-order valence-corrected chi connectivity index (χ1v) is 6.04. The molecule has 0 aliphatic rings. The van der Waals surface area contributed by atoms with Gasteiger partial charge in [-0.25, -0.2) is 4.79 Å². The highest BCUT2D eigenvalue weighted by molar-refractivity contribution is 5.85. The average Bonchev–Trinajstić information content (AvgIpc) is 2.27. The van der Waals surface area contributed by atoms with Crippen molar-refractivity contribution in [3.63, 3.8) is 0 Å². The van der Waals surface area contributed by atoms with E-state index in [1.54, 1.807) is 13.0 Å². The van der Waals surface area contributed by atoms with E-state index in [-0.39, 0.29) is 6.61 Å². The molecule has 1 rings (SSSR count). The fourth-order valence-corrected chi connectivity index (χ4v) is 1.54. The maximum Gasteiger partial charge on any atom is 0.331 e. The van der Waals surface area contributed by atoms with E-state index in [1.807, 2.05) is 19.1 Å². The molecular weight excluding hydrogens is 228 g/mol. The Hall–Kier alpha value is -1.77. The summed E-state index contributed by atoms with van der Waals surface area (Å²) in [6.45, 7) is 8.12. The van der Waals surface area contributed by atoms with E-state index < -0.39 is 5.97 Å². The molecule has 1 aromatic rings. The van der Waals surface area contributed by atoms with E-state index in [9.17, 15) is 4.79 Å². The third-order valence-electron chi connectivity index (χ3n) is 2.72. The molecule has 0 unspecified atom stereocenters. The van der Waals surface area contributed by atoms with Crippen molar-refractivity contribution in [1.29, 1.82) is 0 Å². The van der Waals surface area contributed by atoms with E-state index in [2.05, 4.69) is 19.9 Å². The molecule has 0 aromatic heterocycles. The highest BCUT2D eigenvalue weighted by atomic mass is 16.5. The molecule has 3 heteroatoms. The molecule has 0 aliphatic heterocycles. The van der Waals surface area contributed by atoms with Crippen molar-refractivity contribution in [2.24, 2.45) is 0 Å². The third kappa shape index (κ3) is 4.24. The second-order valence-corrected chi connectivity index (χ2v) is 4.74. The number of carbonyl (C=O) groups is 1. The van der Waals surface area contributed by atoms with Gasteiger partial charge < -0.3 is 9.84 Å². The number of hydrogen-bond donors (Lipinski definition) is 1. The Morgan fingerprint density at radius 2 is 2.06 bits per heavy atom. The molecule has 0 radical (unpaired) electrons. The van der Waals surface area contributed by atoms with Gasteiger partial charge in [-0.15, -0.1) is 0 Å². The van der Waals surface area contributed by atoms with E-state index in [1.165, 1.54) is 5.56 Å². The summed E-state index contributed by atoms with van der Waals surface area (Å²) in [4.78, 5) is 10.6. The molecule has 0 aliphatic carbocycles. The van der Waals surface area contributed by atoms with Gasteiger partial charge >= 0.3 is 5.97 Å². The predicted molar refractivity (Wildman–Crippen MR) is 72.2 cm³/mol. The molecule has 0 heterocycles. The number of rotatable bonds is 5. The van der Waals surface area contributed by atoms with Crippen LogP contribution >= 0.6 is 0 Å². The topological polar surface area (TPSA) is 46.5 Å². The van der Waals surface area contributed by atoms with E-state index in [0.717, 1.165) is 11.3 Å². The van der Waals surface area contributed by atoms with Crippen LogP contribution in [0.5, 0.6) is 5.75 Å². The van der Waals surface area contributed by atoms with Crippen molar-refractivity contribution in [2.75, 3.05) is 6.61 Å². The number of aryl methyl sites for hydroxylation is 1. The lowest BCUT2D eigenvalue weighted by molar-refractivity contribution is -0.132. The molecule has 0 saturated carbocycles. The quantitative estimate of drug-likeness (QED) is 0.811. The molecular formula is C15H20O3. The number of benzene rings is 1. The Balaban J connectivity index is 2.74. The summed E-state index contributed by atoms with van der Waals surface area (Å²) >= 11 is 0. The molecule has 0 spiro atoms. The van der Waals surface area contributed by atoms with Gasteiger partial charge in [0, 0.05) is 5.57 Å². The largest absolute Gasteiger partial charge is 0.489 e. The van der Waals surface area contributed by atoms with Crippen LogP contribution in [0.15, 0.2) is 29.8 Å². The first-order valence-electron chi connectivity index (χ1n) is 6.04. The highest BCUT2D eigenvalue weighted by Gasteiger charge is 2.03. The Bertz CT molecular complexity index is 459. The summed E-state index contributed by atoms with van der Waals surface area (Å²) in [6.07, 6.45) is 1.57. The first kappa shape index (κ1) is 14.3. The van der Waals surface area contributed by atoms with Crippen LogP contribution in [0.1, 0.15) is 37.8 Å². The summed E-state index contributed by atoms with van der Waals surface area (Å²) in [5, 5.41) is 8.72. The minimum atomic E-state index is -0.911. The molecule has 98 valence electrons. The standard InChI is InChI=1S/C15H20O3/c1-10(2)13-7-11(3)8-14(9-13)18-6-5-12(4)15(16)17/h5,7-10H,6H2,1-4H3,(H,16,17). The number of carboxylic acid groups (broad SMARTS) is 1. The van der Waals surface area contributed by atoms with Crippen molar-refractivity contribution >= 4 is 5.97 Å². The van der Waals surface area contributed by atoms with Gasteiger partial charge in [0.05, 0.1) is 0 Å². The summed E-state index contributed by atoms with van der Waals surface area (Å²) < 4.78 is 5.56. The lowest BCUT2D eigenvalue weighted by Crippen LogP contribution is -2.01. The maximum absolute atomic E-state index is 10.6. The fourth-order valence-electron chi connectivity index (χ4n) is 1.54. The van der Waals surface area contributed by atoms with Gasteiger partial charge in [-0.2, -0.15) is 0 Å². The fraction of sp³-hybridized carbons (Fsp3) is 0.400. The molecule has 0 fully saturated rings. The molecule has 3 nitrogen and oxygen atoms in total. The molecule has 18 heavy (non-hydrogen) atoms. The van der Waals surface area contributed by atoms with Crippen LogP contribution in [-0.2, 0) is 4.79 Å². The van der Waals surface area contributed by atoms with Crippen LogP contribution in [0.2, 0.25) is 0 Å². The maximum atomic E-state index is 10.6. The summed E-state index contributed by atoms with van der Waals surface area (Å²) in [5.74, 6) is 0.322.